The molecule has 0 saturated carbocycles. The Morgan fingerprint density at radius 1 is 1.45 bits per heavy atom. The molecular formula is C8H17N3. The predicted molar refractivity (Wildman–Crippen MR) is 47.4 cm³/mol. The minimum atomic E-state index is -0.148. The lowest BCUT2D eigenvalue weighted by Gasteiger charge is -2.20. The Kier molecular flexibility index (Phi) is 4.71. The van der Waals surface area contributed by atoms with Gasteiger partial charge in [0.15, 0.2) is 0 Å². The monoisotopic (exact) mass is 155 g/mol. The molecule has 0 aromatic carbocycles. The molecule has 3 nitrogen and oxygen atoms in total. The Morgan fingerprint density at radius 3 is 2.45 bits per heavy atom. The second-order valence-electron chi connectivity index (χ2n) is 3.14. The molecule has 64 valence electrons. The second-order valence-corrected chi connectivity index (χ2v) is 3.14. The Balaban J connectivity index is 3.98. The number of unbranched alkanes of at least 4 members (excludes halogenated alkanes) is 1. The van der Waals surface area contributed by atoms with E-state index in [4.69, 9.17) is 5.53 Å². The molecule has 0 N–H and O–H groups in total. The first-order chi connectivity index (χ1) is 5.18. The van der Waals surface area contributed by atoms with E-state index in [0.29, 0.717) is 0 Å². The van der Waals surface area contributed by atoms with Crippen LogP contribution in [0.3, 0.4) is 0 Å². The molecule has 0 aliphatic rings. The van der Waals surface area contributed by atoms with Gasteiger partial charge in [-0.1, -0.05) is 38.7 Å². The highest BCUT2D eigenvalue weighted by molar-refractivity contribution is 4.81. The van der Waals surface area contributed by atoms with Crippen LogP contribution in [0.2, 0.25) is 0 Å². The van der Waals surface area contributed by atoms with Crippen LogP contribution in [0.1, 0.15) is 46.5 Å². The van der Waals surface area contributed by atoms with Crippen molar-refractivity contribution in [3.63, 3.8) is 0 Å². The summed E-state index contributed by atoms with van der Waals surface area (Å²) in [6.07, 6.45) is 4.24. The fourth-order valence-electron chi connectivity index (χ4n) is 0.963. The first kappa shape index (κ1) is 10.3. The van der Waals surface area contributed by atoms with Crippen molar-refractivity contribution in [2.45, 2.75) is 52.0 Å². The normalized spacial score (nSPS) is 15.2. The minimum absolute atomic E-state index is 0.148. The van der Waals surface area contributed by atoms with Crippen LogP contribution in [0.25, 0.3) is 10.4 Å². The lowest BCUT2D eigenvalue weighted by Crippen LogP contribution is -2.19. The Bertz CT molecular complexity index is 149. The van der Waals surface area contributed by atoms with E-state index in [2.05, 4.69) is 23.9 Å². The number of rotatable bonds is 5. The van der Waals surface area contributed by atoms with E-state index in [9.17, 15) is 0 Å². The highest BCUT2D eigenvalue weighted by Crippen LogP contribution is 2.22. The first-order valence-electron chi connectivity index (χ1n) is 4.24. The van der Waals surface area contributed by atoms with Crippen molar-refractivity contribution in [3.8, 4) is 0 Å². The standard InChI is InChI=1S/C8H17N3/c1-4-6-7-8(3,5-2)10-11-9/h4-7H2,1-3H3. The van der Waals surface area contributed by atoms with Crippen LogP contribution in [0.15, 0.2) is 5.11 Å². The zero-order valence-corrected chi connectivity index (χ0v) is 7.67. The van der Waals surface area contributed by atoms with Crippen molar-refractivity contribution in [1.29, 1.82) is 0 Å². The third-order valence-corrected chi connectivity index (χ3v) is 2.12. The lowest BCUT2D eigenvalue weighted by atomic mass is 9.93. The number of azide groups is 1. The van der Waals surface area contributed by atoms with Crippen LogP contribution in [0, 0.1) is 0 Å². The second kappa shape index (κ2) is 5.03. The summed E-state index contributed by atoms with van der Waals surface area (Å²) >= 11 is 0. The Labute approximate surface area is 68.4 Å². The molecule has 0 aromatic rings. The van der Waals surface area contributed by atoms with E-state index in [1.165, 1.54) is 0 Å². The van der Waals surface area contributed by atoms with Crippen molar-refractivity contribution in [3.05, 3.63) is 10.4 Å². The quantitative estimate of drug-likeness (QED) is 0.330. The van der Waals surface area contributed by atoms with Gasteiger partial charge in [0, 0.05) is 10.5 Å². The van der Waals surface area contributed by atoms with Gasteiger partial charge in [0.2, 0.25) is 0 Å². The molecule has 0 heterocycles. The van der Waals surface area contributed by atoms with Gasteiger partial charge >= 0.3 is 0 Å². The summed E-state index contributed by atoms with van der Waals surface area (Å²) in [5.41, 5.74) is 8.14. The summed E-state index contributed by atoms with van der Waals surface area (Å²) in [7, 11) is 0. The van der Waals surface area contributed by atoms with Crippen LogP contribution in [-0.2, 0) is 0 Å². The summed E-state index contributed by atoms with van der Waals surface area (Å²) < 4.78 is 0. The van der Waals surface area contributed by atoms with Crippen LogP contribution in [0.5, 0.6) is 0 Å². The van der Waals surface area contributed by atoms with Crippen LogP contribution in [0.4, 0.5) is 0 Å². The van der Waals surface area contributed by atoms with Crippen LogP contribution in [-0.4, -0.2) is 5.54 Å². The molecule has 1 atom stereocenters. The SMILES string of the molecule is CCCCC(C)(CC)N=[N+]=[N-]. The molecule has 1 unspecified atom stereocenters. The van der Waals surface area contributed by atoms with Crippen molar-refractivity contribution < 1.29 is 0 Å². The fourth-order valence-corrected chi connectivity index (χ4v) is 0.963. The maximum Gasteiger partial charge on any atom is 0.0457 e. The van der Waals surface area contributed by atoms with E-state index in [0.717, 1.165) is 25.7 Å². The molecule has 0 saturated heterocycles. The largest absolute Gasteiger partial charge is 0.0876 e. The van der Waals surface area contributed by atoms with Gasteiger partial charge in [-0.3, -0.25) is 0 Å². The summed E-state index contributed by atoms with van der Waals surface area (Å²) in [4.78, 5) is 2.86. The molecule has 0 aliphatic carbocycles. The van der Waals surface area contributed by atoms with E-state index in [1.807, 2.05) is 6.92 Å². The highest BCUT2D eigenvalue weighted by Gasteiger charge is 2.18. The smallest absolute Gasteiger partial charge is 0.0457 e. The van der Waals surface area contributed by atoms with Crippen molar-refractivity contribution in [2.24, 2.45) is 5.11 Å². The van der Waals surface area contributed by atoms with Gasteiger partial charge < -0.3 is 0 Å². The van der Waals surface area contributed by atoms with E-state index in [-0.39, 0.29) is 5.54 Å². The number of nitrogens with zero attached hydrogens (tertiary/aromatic N) is 3. The summed E-state index contributed by atoms with van der Waals surface area (Å²) in [5, 5.41) is 3.79. The van der Waals surface area contributed by atoms with Gasteiger partial charge in [0.1, 0.15) is 0 Å². The van der Waals surface area contributed by atoms with Gasteiger partial charge in [-0.2, -0.15) is 0 Å². The van der Waals surface area contributed by atoms with E-state index < -0.39 is 0 Å². The molecule has 0 spiro atoms. The number of hydrogen-bond donors (Lipinski definition) is 0. The molecule has 0 aliphatic heterocycles. The average molecular weight is 155 g/mol. The van der Waals surface area contributed by atoms with Crippen LogP contribution >= 0.6 is 0 Å². The maximum atomic E-state index is 8.29. The topological polar surface area (TPSA) is 48.8 Å². The third-order valence-electron chi connectivity index (χ3n) is 2.12. The minimum Gasteiger partial charge on any atom is -0.0876 e. The Hall–Kier alpha value is -0.690. The lowest BCUT2D eigenvalue weighted by molar-refractivity contribution is 0.402. The van der Waals surface area contributed by atoms with Crippen molar-refractivity contribution in [1.82, 2.24) is 0 Å². The third kappa shape index (κ3) is 3.89. The molecular weight excluding hydrogens is 138 g/mol. The molecule has 0 radical (unpaired) electrons. The first-order valence-corrected chi connectivity index (χ1v) is 4.24. The number of hydrogen-bond acceptors (Lipinski definition) is 1. The zero-order chi connectivity index (χ0) is 8.74. The molecule has 11 heavy (non-hydrogen) atoms. The Morgan fingerprint density at radius 2 is 2.09 bits per heavy atom. The molecule has 0 aromatic heterocycles. The maximum absolute atomic E-state index is 8.29. The van der Waals surface area contributed by atoms with Gasteiger partial charge in [-0.15, -0.1) is 0 Å². The molecule has 3 heteroatoms. The van der Waals surface area contributed by atoms with Gasteiger partial charge in [0.25, 0.3) is 0 Å². The average Bonchev–Trinajstić information content (AvgIpc) is 2.02. The summed E-state index contributed by atoms with van der Waals surface area (Å²) in [5.74, 6) is 0. The predicted octanol–water partition coefficient (Wildman–Crippen LogP) is 3.66. The molecule has 0 rings (SSSR count). The van der Waals surface area contributed by atoms with Gasteiger partial charge in [0.05, 0.1) is 0 Å². The highest BCUT2D eigenvalue weighted by atomic mass is 15.2. The molecule has 0 amide bonds. The van der Waals surface area contributed by atoms with Crippen molar-refractivity contribution in [2.75, 3.05) is 0 Å². The fraction of sp³-hybridized carbons (Fsp3) is 1.00. The van der Waals surface area contributed by atoms with E-state index >= 15 is 0 Å². The van der Waals surface area contributed by atoms with Crippen molar-refractivity contribution >= 4 is 0 Å². The molecule has 0 fully saturated rings. The van der Waals surface area contributed by atoms with Crippen LogP contribution < -0.4 is 0 Å². The van der Waals surface area contributed by atoms with E-state index in [1.54, 1.807) is 0 Å². The van der Waals surface area contributed by atoms with Gasteiger partial charge in [-0.05, 0) is 18.4 Å². The zero-order valence-electron chi connectivity index (χ0n) is 7.67. The molecule has 0 bridgehead atoms. The van der Waals surface area contributed by atoms with Gasteiger partial charge in [-0.25, -0.2) is 0 Å². The summed E-state index contributed by atoms with van der Waals surface area (Å²) in [6, 6.07) is 0. The summed E-state index contributed by atoms with van der Waals surface area (Å²) in [6.45, 7) is 6.22.